The highest BCUT2D eigenvalue weighted by molar-refractivity contribution is 6.03. The van der Waals surface area contributed by atoms with Crippen LogP contribution in [0.2, 0.25) is 0 Å². The lowest BCUT2D eigenvalue weighted by Gasteiger charge is -2.10. The molecule has 1 unspecified atom stereocenters. The van der Waals surface area contributed by atoms with Gasteiger partial charge in [0.15, 0.2) is 5.78 Å². The number of rotatable bonds is 2. The molecule has 0 bridgehead atoms. The predicted molar refractivity (Wildman–Crippen MR) is 67.5 cm³/mol. The molecule has 1 atom stereocenters. The normalized spacial score (nSPS) is 22.1. The SMILES string of the molecule is O=C1NCCOc2ccc(C(=O)C3CCOC3)cc21. The first kappa shape index (κ1) is 12.2. The molecule has 1 amide bonds. The van der Waals surface area contributed by atoms with Crippen LogP contribution in [0.5, 0.6) is 5.75 Å². The van der Waals surface area contributed by atoms with Gasteiger partial charge in [-0.1, -0.05) is 0 Å². The quantitative estimate of drug-likeness (QED) is 0.807. The second-order valence-corrected chi connectivity index (χ2v) is 4.74. The van der Waals surface area contributed by atoms with E-state index in [-0.39, 0.29) is 17.6 Å². The molecular formula is C14H15NO4. The van der Waals surface area contributed by atoms with Gasteiger partial charge in [0.05, 0.1) is 18.7 Å². The standard InChI is InChI=1S/C14H15NO4/c16-13(10-3-5-18-8-10)9-1-2-12-11(7-9)14(17)15-4-6-19-12/h1-2,7,10H,3-6,8H2,(H,15,17). The Balaban J connectivity index is 1.91. The molecule has 1 saturated heterocycles. The lowest BCUT2D eigenvalue weighted by atomic mass is 9.95. The minimum Gasteiger partial charge on any atom is -0.491 e. The summed E-state index contributed by atoms with van der Waals surface area (Å²) in [5, 5.41) is 2.74. The number of ketones is 1. The second-order valence-electron chi connectivity index (χ2n) is 4.74. The molecule has 1 aromatic rings. The fraction of sp³-hybridized carbons (Fsp3) is 0.429. The largest absolute Gasteiger partial charge is 0.491 e. The first-order valence-corrected chi connectivity index (χ1v) is 6.43. The van der Waals surface area contributed by atoms with Crippen LogP contribution in [-0.4, -0.2) is 38.1 Å². The first-order valence-electron chi connectivity index (χ1n) is 6.43. The number of amides is 1. The van der Waals surface area contributed by atoms with E-state index in [0.717, 1.165) is 6.42 Å². The Bertz CT molecular complexity index is 520. The summed E-state index contributed by atoms with van der Waals surface area (Å²) in [6, 6.07) is 5.04. The molecule has 1 fully saturated rings. The highest BCUT2D eigenvalue weighted by atomic mass is 16.5. The van der Waals surface area contributed by atoms with Gasteiger partial charge < -0.3 is 14.8 Å². The van der Waals surface area contributed by atoms with Gasteiger partial charge in [-0.05, 0) is 24.6 Å². The molecular weight excluding hydrogens is 246 g/mol. The molecule has 19 heavy (non-hydrogen) atoms. The maximum absolute atomic E-state index is 12.3. The zero-order valence-corrected chi connectivity index (χ0v) is 10.5. The van der Waals surface area contributed by atoms with E-state index in [1.807, 2.05) is 0 Å². The molecule has 3 rings (SSSR count). The number of fused-ring (bicyclic) bond motifs is 1. The van der Waals surface area contributed by atoms with Crippen LogP contribution in [0.1, 0.15) is 27.1 Å². The van der Waals surface area contributed by atoms with Gasteiger partial charge in [-0.2, -0.15) is 0 Å². The molecule has 2 aliphatic heterocycles. The third-order valence-corrected chi connectivity index (χ3v) is 3.45. The first-order chi connectivity index (χ1) is 9.25. The summed E-state index contributed by atoms with van der Waals surface area (Å²) in [4.78, 5) is 24.1. The summed E-state index contributed by atoms with van der Waals surface area (Å²) in [5.74, 6) is 0.296. The van der Waals surface area contributed by atoms with Crippen LogP contribution in [0, 0.1) is 5.92 Å². The van der Waals surface area contributed by atoms with Crippen LogP contribution < -0.4 is 10.1 Å². The van der Waals surface area contributed by atoms with E-state index in [9.17, 15) is 9.59 Å². The Morgan fingerprint density at radius 3 is 3.00 bits per heavy atom. The molecule has 1 aromatic carbocycles. The number of nitrogens with one attached hydrogen (secondary N) is 1. The van der Waals surface area contributed by atoms with Crippen molar-refractivity contribution < 1.29 is 19.1 Å². The number of hydrogen-bond donors (Lipinski definition) is 1. The van der Waals surface area contributed by atoms with Gasteiger partial charge in [-0.15, -0.1) is 0 Å². The van der Waals surface area contributed by atoms with Crippen molar-refractivity contribution in [3.63, 3.8) is 0 Å². The predicted octanol–water partition coefficient (Wildman–Crippen LogP) is 1.03. The van der Waals surface area contributed by atoms with E-state index in [1.165, 1.54) is 0 Å². The van der Waals surface area contributed by atoms with E-state index >= 15 is 0 Å². The number of carbonyl (C=O) groups is 2. The Morgan fingerprint density at radius 1 is 1.32 bits per heavy atom. The number of Topliss-reactive ketones (excluding diaryl/α,β-unsaturated/α-hetero) is 1. The summed E-state index contributed by atoms with van der Waals surface area (Å²) >= 11 is 0. The van der Waals surface area contributed by atoms with Gasteiger partial charge in [-0.25, -0.2) is 0 Å². The maximum atomic E-state index is 12.3. The molecule has 5 heteroatoms. The third kappa shape index (κ3) is 2.33. The van der Waals surface area contributed by atoms with Gasteiger partial charge >= 0.3 is 0 Å². The van der Waals surface area contributed by atoms with Crippen LogP contribution in [0.4, 0.5) is 0 Å². The molecule has 0 spiro atoms. The van der Waals surface area contributed by atoms with Crippen LogP contribution in [0.15, 0.2) is 18.2 Å². The molecule has 2 heterocycles. The van der Waals surface area contributed by atoms with Crippen molar-refractivity contribution >= 4 is 11.7 Å². The number of hydrogen-bond acceptors (Lipinski definition) is 4. The molecule has 2 aliphatic rings. The fourth-order valence-corrected chi connectivity index (χ4v) is 2.38. The van der Waals surface area contributed by atoms with E-state index in [1.54, 1.807) is 18.2 Å². The van der Waals surface area contributed by atoms with Gasteiger partial charge in [0.1, 0.15) is 12.4 Å². The monoisotopic (exact) mass is 261 g/mol. The number of benzene rings is 1. The van der Waals surface area contributed by atoms with Crippen LogP contribution in [-0.2, 0) is 4.74 Å². The maximum Gasteiger partial charge on any atom is 0.255 e. The van der Waals surface area contributed by atoms with E-state index in [4.69, 9.17) is 9.47 Å². The molecule has 0 saturated carbocycles. The minimum absolute atomic E-state index is 0.0392. The van der Waals surface area contributed by atoms with Crippen molar-refractivity contribution in [1.29, 1.82) is 0 Å². The van der Waals surface area contributed by atoms with Crippen LogP contribution in [0.3, 0.4) is 0 Å². The summed E-state index contributed by atoms with van der Waals surface area (Å²) in [6.07, 6.45) is 0.749. The molecule has 1 N–H and O–H groups in total. The van der Waals surface area contributed by atoms with Crippen LogP contribution in [0.25, 0.3) is 0 Å². The fourth-order valence-electron chi connectivity index (χ4n) is 2.38. The van der Waals surface area contributed by atoms with Gasteiger partial charge in [0, 0.05) is 18.1 Å². The lowest BCUT2D eigenvalue weighted by Crippen LogP contribution is -2.24. The Morgan fingerprint density at radius 2 is 2.21 bits per heavy atom. The topological polar surface area (TPSA) is 64.6 Å². The zero-order chi connectivity index (χ0) is 13.2. The Labute approximate surface area is 110 Å². The Kier molecular flexibility index (Phi) is 3.21. The van der Waals surface area contributed by atoms with Crippen molar-refractivity contribution in [2.45, 2.75) is 6.42 Å². The third-order valence-electron chi connectivity index (χ3n) is 3.45. The highest BCUT2D eigenvalue weighted by Gasteiger charge is 2.26. The average molecular weight is 261 g/mol. The Hall–Kier alpha value is -1.88. The van der Waals surface area contributed by atoms with E-state index in [0.29, 0.717) is 43.2 Å². The summed E-state index contributed by atoms with van der Waals surface area (Å²) in [5.41, 5.74) is 0.983. The van der Waals surface area contributed by atoms with Gasteiger partial charge in [0.2, 0.25) is 0 Å². The summed E-state index contributed by atoms with van der Waals surface area (Å²) in [6.45, 7) is 2.03. The second kappa shape index (κ2) is 5.01. The zero-order valence-electron chi connectivity index (χ0n) is 10.5. The van der Waals surface area contributed by atoms with Gasteiger partial charge in [-0.3, -0.25) is 9.59 Å². The minimum atomic E-state index is -0.190. The van der Waals surface area contributed by atoms with Gasteiger partial charge in [0.25, 0.3) is 5.91 Å². The van der Waals surface area contributed by atoms with Crippen molar-refractivity contribution in [2.24, 2.45) is 5.92 Å². The molecule has 100 valence electrons. The summed E-state index contributed by atoms with van der Waals surface area (Å²) < 4.78 is 10.7. The van der Waals surface area contributed by atoms with Crippen LogP contribution >= 0.6 is 0 Å². The molecule has 0 aromatic heterocycles. The van der Waals surface area contributed by atoms with Crippen molar-refractivity contribution in [2.75, 3.05) is 26.4 Å². The lowest BCUT2D eigenvalue weighted by molar-refractivity contribution is 0.0900. The number of ether oxygens (including phenoxy) is 2. The van der Waals surface area contributed by atoms with Crippen molar-refractivity contribution in [3.8, 4) is 5.75 Å². The highest BCUT2D eigenvalue weighted by Crippen LogP contribution is 2.25. The van der Waals surface area contributed by atoms with E-state index < -0.39 is 0 Å². The van der Waals surface area contributed by atoms with Crippen molar-refractivity contribution in [3.05, 3.63) is 29.3 Å². The van der Waals surface area contributed by atoms with Crippen molar-refractivity contribution in [1.82, 2.24) is 5.32 Å². The summed E-state index contributed by atoms with van der Waals surface area (Å²) in [7, 11) is 0. The number of carbonyl (C=O) groups excluding carboxylic acids is 2. The molecule has 0 radical (unpaired) electrons. The average Bonchev–Trinajstić information content (AvgIpc) is 2.90. The van der Waals surface area contributed by atoms with E-state index in [2.05, 4.69) is 5.32 Å². The smallest absolute Gasteiger partial charge is 0.255 e. The molecule has 0 aliphatic carbocycles. The molecule has 5 nitrogen and oxygen atoms in total.